The van der Waals surface area contributed by atoms with Crippen molar-refractivity contribution >= 4 is 64.9 Å². The number of aromatic nitrogens is 1. The molecule has 9 heteroatoms. The minimum Gasteiger partial charge on any atom is -0.228 e. The predicted molar refractivity (Wildman–Crippen MR) is 67.7 cm³/mol. The van der Waals surface area contributed by atoms with Crippen molar-refractivity contribution in [3.8, 4) is 0 Å². The highest BCUT2D eigenvalue weighted by Gasteiger charge is 2.23. The number of halogens is 5. The third-order valence-electron chi connectivity index (χ3n) is 1.39. The van der Waals surface area contributed by atoms with Crippen molar-refractivity contribution in [2.24, 2.45) is 0 Å². The summed E-state index contributed by atoms with van der Waals surface area (Å²) in [5, 5.41) is -0.521. The summed E-state index contributed by atoms with van der Waals surface area (Å²) in [7, 11) is 0.973. The van der Waals surface area contributed by atoms with Crippen molar-refractivity contribution in [2.75, 3.05) is 0 Å². The summed E-state index contributed by atoms with van der Waals surface area (Å²) in [5.74, 6) is 0. The number of hydrogen-bond acceptors (Lipinski definition) is 3. The van der Waals surface area contributed by atoms with Gasteiger partial charge in [0.25, 0.3) is 15.5 Å². The molecule has 1 aromatic heterocycles. The Labute approximate surface area is 116 Å². The quantitative estimate of drug-likeness (QED) is 0.372. The molecule has 0 aliphatic heterocycles. The largest absolute Gasteiger partial charge is 0.279 e. The number of alkyl halides is 2. The van der Waals surface area contributed by atoms with E-state index >= 15 is 0 Å². The molecule has 84 valence electrons. The van der Waals surface area contributed by atoms with Gasteiger partial charge in [0.05, 0.1) is 3.57 Å². The molecule has 1 aromatic rings. The highest BCUT2D eigenvalue weighted by molar-refractivity contribution is 14.1. The molecule has 0 saturated heterocycles. The van der Waals surface area contributed by atoms with E-state index in [0.717, 1.165) is 6.07 Å². The van der Waals surface area contributed by atoms with Gasteiger partial charge in [-0.15, -0.1) is 0 Å². The summed E-state index contributed by atoms with van der Waals surface area (Å²) < 4.78 is 47.1. The Morgan fingerprint density at radius 3 is 2.33 bits per heavy atom. The highest BCUT2D eigenvalue weighted by Crippen LogP contribution is 2.30. The lowest BCUT2D eigenvalue weighted by atomic mass is 10.3. The van der Waals surface area contributed by atoms with Crippen LogP contribution in [0.3, 0.4) is 0 Å². The molecule has 0 saturated carbocycles. The molecule has 0 amide bonds. The second kappa shape index (κ2) is 4.92. The zero-order valence-electron chi connectivity index (χ0n) is 6.72. The molecule has 15 heavy (non-hydrogen) atoms. The van der Waals surface area contributed by atoms with Gasteiger partial charge in [-0.05, 0) is 51.2 Å². The summed E-state index contributed by atoms with van der Waals surface area (Å²) in [6.07, 6.45) is -2.76. The van der Waals surface area contributed by atoms with E-state index in [9.17, 15) is 17.2 Å². The van der Waals surface area contributed by atoms with Crippen molar-refractivity contribution in [3.05, 3.63) is 18.9 Å². The van der Waals surface area contributed by atoms with Gasteiger partial charge in [-0.2, -0.15) is 0 Å². The minimum absolute atomic E-state index is 0.141. The molecular formula is C6H2ClF2I2NO2S. The lowest BCUT2D eigenvalue weighted by Gasteiger charge is -2.06. The van der Waals surface area contributed by atoms with Crippen LogP contribution in [0.25, 0.3) is 0 Å². The van der Waals surface area contributed by atoms with Crippen molar-refractivity contribution in [3.63, 3.8) is 0 Å². The van der Waals surface area contributed by atoms with Crippen molar-refractivity contribution in [1.82, 2.24) is 4.98 Å². The predicted octanol–water partition coefficient (Wildman–Crippen LogP) is 3.16. The van der Waals surface area contributed by atoms with E-state index in [4.69, 9.17) is 10.7 Å². The van der Waals surface area contributed by atoms with Crippen LogP contribution in [0, 0.1) is 7.27 Å². The van der Waals surface area contributed by atoms with Crippen LogP contribution >= 0.6 is 55.9 Å². The average Bonchev–Trinajstić information content (AvgIpc) is 2.06. The van der Waals surface area contributed by atoms with Gasteiger partial charge >= 0.3 is 0 Å². The Balaban J connectivity index is 3.56. The van der Waals surface area contributed by atoms with Gasteiger partial charge in [-0.3, -0.25) is 0 Å². The topological polar surface area (TPSA) is 47.0 Å². The Morgan fingerprint density at radius 1 is 1.40 bits per heavy atom. The van der Waals surface area contributed by atoms with Crippen LogP contribution in [0.4, 0.5) is 8.78 Å². The summed E-state index contributed by atoms with van der Waals surface area (Å²) in [6, 6.07) is 1.12. The molecule has 3 nitrogen and oxygen atoms in total. The molecule has 0 aliphatic rings. The first-order valence-corrected chi connectivity index (χ1v) is 7.79. The molecule has 0 unspecified atom stereocenters. The molecule has 0 spiro atoms. The molecule has 0 fully saturated rings. The van der Waals surface area contributed by atoms with Crippen LogP contribution in [0.15, 0.2) is 11.1 Å². The number of nitrogens with zero attached hydrogens (tertiary/aromatic N) is 1. The summed E-state index contributed by atoms with van der Waals surface area (Å²) in [4.78, 5) is 3.61. The van der Waals surface area contributed by atoms with Crippen molar-refractivity contribution in [2.45, 2.75) is 11.5 Å². The standard InChI is InChI=1S/C6H2ClF2I2NO2S/c7-15(13,14)6-4(11)2(5(8)9)1-3(10)12-6/h1,5H. The van der Waals surface area contributed by atoms with Crippen LogP contribution in [-0.4, -0.2) is 13.4 Å². The van der Waals surface area contributed by atoms with Gasteiger partial charge < -0.3 is 0 Å². The van der Waals surface area contributed by atoms with Crippen LogP contribution in [0.2, 0.25) is 0 Å². The third kappa shape index (κ3) is 3.33. The van der Waals surface area contributed by atoms with Crippen molar-refractivity contribution in [1.29, 1.82) is 0 Å². The fraction of sp³-hybridized carbons (Fsp3) is 0.167. The summed E-state index contributed by atoms with van der Waals surface area (Å²) in [6.45, 7) is 0. The van der Waals surface area contributed by atoms with E-state index in [-0.39, 0.29) is 12.8 Å². The summed E-state index contributed by atoms with van der Waals surface area (Å²) >= 11 is 3.14. The fourth-order valence-electron chi connectivity index (χ4n) is 0.814. The maximum absolute atomic E-state index is 12.5. The SMILES string of the molecule is O=S(=O)(Cl)c1nc(I)cc(C(F)F)c1I. The second-order valence-electron chi connectivity index (χ2n) is 2.39. The maximum Gasteiger partial charge on any atom is 0.279 e. The zero-order valence-corrected chi connectivity index (χ0v) is 12.6. The number of rotatable bonds is 2. The van der Waals surface area contributed by atoms with Gasteiger partial charge in [0, 0.05) is 16.2 Å². The lowest BCUT2D eigenvalue weighted by Crippen LogP contribution is -2.04. The molecule has 0 atom stereocenters. The first kappa shape index (κ1) is 13.8. The van der Waals surface area contributed by atoms with Crippen molar-refractivity contribution < 1.29 is 17.2 Å². The molecule has 0 aliphatic carbocycles. The number of hydrogen-bond donors (Lipinski definition) is 0. The normalized spacial score (nSPS) is 12.1. The van der Waals surface area contributed by atoms with E-state index in [1.807, 2.05) is 0 Å². The highest BCUT2D eigenvalue weighted by atomic mass is 127. The zero-order chi connectivity index (χ0) is 11.8. The number of pyridine rings is 1. The summed E-state index contributed by atoms with van der Waals surface area (Å²) in [5.41, 5.74) is -0.380. The monoisotopic (exact) mass is 479 g/mol. The molecule has 1 rings (SSSR count). The van der Waals surface area contributed by atoms with Gasteiger partial charge in [-0.1, -0.05) is 0 Å². The smallest absolute Gasteiger partial charge is 0.228 e. The molecule has 1 heterocycles. The molecule has 0 radical (unpaired) electrons. The van der Waals surface area contributed by atoms with Crippen LogP contribution < -0.4 is 0 Å². The molecule has 0 N–H and O–H groups in total. The Morgan fingerprint density at radius 2 is 1.93 bits per heavy atom. The van der Waals surface area contributed by atoms with Crippen LogP contribution in [-0.2, 0) is 9.05 Å². The first-order chi connectivity index (χ1) is 6.73. The van der Waals surface area contributed by atoms with Gasteiger partial charge in [0.2, 0.25) is 0 Å². The van der Waals surface area contributed by atoms with E-state index in [2.05, 4.69) is 4.98 Å². The van der Waals surface area contributed by atoms with Gasteiger partial charge in [-0.25, -0.2) is 22.2 Å². The third-order valence-corrected chi connectivity index (χ3v) is 4.64. The Hall–Kier alpha value is 0.710. The average molecular weight is 479 g/mol. The molecule has 0 bridgehead atoms. The van der Waals surface area contributed by atoms with Gasteiger partial charge in [0.15, 0.2) is 5.03 Å². The van der Waals surface area contributed by atoms with E-state index < -0.39 is 20.5 Å². The Kier molecular flexibility index (Phi) is 4.52. The lowest BCUT2D eigenvalue weighted by molar-refractivity contribution is 0.149. The second-order valence-corrected chi connectivity index (χ2v) is 7.06. The van der Waals surface area contributed by atoms with Gasteiger partial charge in [0.1, 0.15) is 3.70 Å². The van der Waals surface area contributed by atoms with E-state index in [1.54, 1.807) is 22.6 Å². The van der Waals surface area contributed by atoms with E-state index in [0.29, 0.717) is 0 Å². The molecule has 0 aromatic carbocycles. The van der Waals surface area contributed by atoms with Crippen LogP contribution in [0.5, 0.6) is 0 Å². The minimum atomic E-state index is -4.10. The first-order valence-electron chi connectivity index (χ1n) is 3.32. The Bertz CT molecular complexity index is 494. The maximum atomic E-state index is 12.5. The van der Waals surface area contributed by atoms with Crippen LogP contribution in [0.1, 0.15) is 12.0 Å². The van der Waals surface area contributed by atoms with E-state index in [1.165, 1.54) is 22.6 Å². The fourth-order valence-corrected chi connectivity index (χ4v) is 4.20. The molecular weight excluding hydrogens is 477 g/mol.